The first-order valence-corrected chi connectivity index (χ1v) is 31.5. The molecule has 3 unspecified atom stereocenters. The molecule has 3 saturated carbocycles. The second kappa shape index (κ2) is 27.4. The maximum Gasteiger partial charge on any atom is 0.187 e. The molecule has 0 aromatic rings. The molecule has 5 aliphatic heterocycles. The van der Waals surface area contributed by atoms with Crippen LogP contribution in [0.4, 0.5) is 0 Å². The molecule has 5 heterocycles. The van der Waals surface area contributed by atoms with Crippen molar-refractivity contribution in [1.82, 2.24) is 0 Å². The number of aliphatic hydroxyl groups excluding tert-OH is 17. The van der Waals surface area contributed by atoms with Crippen molar-refractivity contribution >= 4 is 0 Å². The van der Waals surface area contributed by atoms with Crippen LogP contribution in [-0.2, 0) is 47.4 Å². The third-order valence-electron chi connectivity index (χ3n) is 22.8. The van der Waals surface area contributed by atoms with Crippen molar-refractivity contribution in [1.29, 1.82) is 0 Å². The van der Waals surface area contributed by atoms with Gasteiger partial charge in [-0.1, -0.05) is 53.2 Å². The Morgan fingerprint density at radius 3 is 1.44 bits per heavy atom. The average Bonchev–Trinajstić information content (AvgIpc) is 1.42. The summed E-state index contributed by atoms with van der Waals surface area (Å²) in [6.45, 7) is 13.5. The van der Waals surface area contributed by atoms with Crippen LogP contribution in [0.2, 0.25) is 0 Å². The van der Waals surface area contributed by atoms with E-state index in [-0.39, 0.29) is 40.4 Å². The van der Waals surface area contributed by atoms with E-state index in [1.165, 1.54) is 5.57 Å². The van der Waals surface area contributed by atoms with Gasteiger partial charge < -0.3 is 139 Å². The predicted octanol–water partition coefficient (Wildman–Crippen LogP) is -4.38. The average molecular weight is 1270 g/mol. The van der Waals surface area contributed by atoms with Crippen molar-refractivity contribution in [3.05, 3.63) is 11.6 Å². The zero-order valence-corrected chi connectivity index (χ0v) is 51.5. The Morgan fingerprint density at radius 2 is 0.943 bits per heavy atom. The Balaban J connectivity index is 0.871. The quantitative estimate of drug-likeness (QED) is 0.0512. The third kappa shape index (κ3) is 13.0. The van der Waals surface area contributed by atoms with Gasteiger partial charge in [-0.15, -0.1) is 0 Å². The Morgan fingerprint density at radius 1 is 0.500 bits per heavy atom. The molecule has 28 nitrogen and oxygen atoms in total. The summed E-state index contributed by atoms with van der Waals surface area (Å²) >= 11 is 0. The van der Waals surface area contributed by atoms with E-state index >= 15 is 0 Å². The van der Waals surface area contributed by atoms with Crippen LogP contribution in [0.25, 0.3) is 0 Å². The van der Waals surface area contributed by atoms with Gasteiger partial charge in [-0.05, 0) is 112 Å². The van der Waals surface area contributed by atoms with Gasteiger partial charge in [-0.25, -0.2) is 0 Å². The fourth-order valence-electron chi connectivity index (χ4n) is 17.0. The monoisotopic (exact) mass is 1270 g/mol. The summed E-state index contributed by atoms with van der Waals surface area (Å²) in [5.41, 5.74) is -1.21. The van der Waals surface area contributed by atoms with E-state index in [4.69, 9.17) is 47.4 Å². The second-order valence-corrected chi connectivity index (χ2v) is 28.6. The molecule has 18 N–H and O–H groups in total. The second-order valence-electron chi connectivity index (χ2n) is 28.6. The maximum absolute atomic E-state index is 11.8. The number of fused-ring (bicyclic) bond motifs is 5. The van der Waals surface area contributed by atoms with Crippen LogP contribution in [0.3, 0.4) is 0 Å². The van der Waals surface area contributed by atoms with Gasteiger partial charge in [0.05, 0.1) is 50.8 Å². The molecule has 0 aromatic carbocycles. The SMILES string of the molecule is C[C@H](CC[C@@H](O[C@@H]1O[C@H](CO[C@@H]2O[C@H](CO)[C@@H](O)[C@H](O)[C@H]2O)[C@@H](O)[C@H](O)[C@H]1O[C@@H]1O[C@H](CO)[C@@H](O)[C@H](O)[C@H]1O)C(C)(C)O)C1CC[C@@]2(C)C3CC=C4C(CC[C@H](O[C@@H]5O[C@H](CO[C@H]6O[C@H](CO)[C@@H](O)[C@H](O)[C@H]6O)[C@@H](O)[C@H](O)[C@H]5O)C4(C)C)[C@]3(C)CC[C@]12C. The first-order valence-electron chi connectivity index (χ1n) is 31.5. The molecular formula is C60H102O28. The van der Waals surface area contributed by atoms with E-state index in [9.17, 15) is 91.9 Å². The fourth-order valence-corrected chi connectivity index (χ4v) is 17.0. The summed E-state index contributed by atoms with van der Waals surface area (Å²) in [4.78, 5) is 0. The van der Waals surface area contributed by atoms with Gasteiger partial charge in [0.2, 0.25) is 0 Å². The van der Waals surface area contributed by atoms with Gasteiger partial charge in [0.25, 0.3) is 0 Å². The Bertz CT molecular complexity index is 2310. The summed E-state index contributed by atoms with van der Waals surface area (Å²) in [5.74, 6) is 0.828. The van der Waals surface area contributed by atoms with Gasteiger partial charge in [0.15, 0.2) is 31.5 Å². The van der Waals surface area contributed by atoms with Crippen LogP contribution in [0, 0.1) is 45.3 Å². The van der Waals surface area contributed by atoms with Crippen LogP contribution in [-0.4, -0.2) is 296 Å². The van der Waals surface area contributed by atoms with E-state index < -0.39 is 210 Å². The van der Waals surface area contributed by atoms with Gasteiger partial charge in [0.1, 0.15) is 122 Å². The lowest BCUT2D eigenvalue weighted by Gasteiger charge is -2.66. The Kier molecular flexibility index (Phi) is 22.1. The topological polar surface area (TPSA) is 456 Å². The summed E-state index contributed by atoms with van der Waals surface area (Å²) < 4.78 is 59.5. The van der Waals surface area contributed by atoms with E-state index in [2.05, 4.69) is 47.6 Å². The van der Waals surface area contributed by atoms with Crippen LogP contribution < -0.4 is 0 Å². The number of aliphatic hydroxyl groups is 18. The molecule has 28 heteroatoms. The zero-order valence-electron chi connectivity index (χ0n) is 51.5. The van der Waals surface area contributed by atoms with E-state index in [1.54, 1.807) is 13.8 Å². The molecule has 0 spiro atoms. The van der Waals surface area contributed by atoms with Gasteiger partial charge in [0, 0.05) is 5.41 Å². The minimum Gasteiger partial charge on any atom is -0.394 e. The summed E-state index contributed by atoms with van der Waals surface area (Å²) in [7, 11) is 0. The first kappa shape index (κ1) is 70.9. The maximum atomic E-state index is 11.8. The van der Waals surface area contributed by atoms with E-state index in [1.807, 2.05) is 0 Å². The number of hydrogen-bond acceptors (Lipinski definition) is 28. The molecule has 9 rings (SSSR count). The molecule has 8 fully saturated rings. The molecule has 510 valence electrons. The molecule has 88 heavy (non-hydrogen) atoms. The fraction of sp³-hybridized carbons (Fsp3) is 0.967. The van der Waals surface area contributed by atoms with Crippen molar-refractivity contribution in [3.8, 4) is 0 Å². The predicted molar refractivity (Wildman–Crippen MR) is 299 cm³/mol. The standard InChI is InChI=1S/C60H102O28/c1-24(9-13-35(57(4,5)78)87-55-50(88-54-49(77)43(71)38(66)30(21-63)83-54)45(73)40(68)32(85-55)23-80-52-47(75)42(70)37(65)29(20-62)82-52)25-15-16-60(8)33-12-10-26-27(58(33,6)17-18-59(25,60)7)11-14-34(56(26,2)3)86-53-48(76)44(72)39(67)31(84-53)22-79-51-46(74)41(69)36(64)28(19-61)81-51/h10,24-25,27-55,61-78H,9,11-23H2,1-8H3/t24-,25?,27?,28-,29-,30-,31-,32-,33?,34+,35-,36-,37-,38-,39-,40-,41+,42+,43+,44+,45+,46-,47-,48-,49-,50-,51+,52-,53+,54+,55+,58+,59-,60+/m1/s1. The molecule has 0 amide bonds. The molecule has 9 aliphatic rings. The highest BCUT2D eigenvalue weighted by molar-refractivity contribution is 5.30. The van der Waals surface area contributed by atoms with E-state index in [0.29, 0.717) is 18.8 Å². The highest BCUT2D eigenvalue weighted by atomic mass is 16.8. The normalized spacial score (nSPS) is 51.4. The van der Waals surface area contributed by atoms with Crippen molar-refractivity contribution in [3.63, 3.8) is 0 Å². The lowest BCUT2D eigenvalue weighted by atomic mass is 9.39. The van der Waals surface area contributed by atoms with Gasteiger partial charge >= 0.3 is 0 Å². The van der Waals surface area contributed by atoms with Gasteiger partial charge in [-0.3, -0.25) is 0 Å². The Hall–Kier alpha value is -1.38. The molecule has 0 aromatic heterocycles. The molecule has 5 saturated heterocycles. The molecule has 0 bridgehead atoms. The van der Waals surface area contributed by atoms with Crippen molar-refractivity contribution in [2.75, 3.05) is 33.0 Å². The van der Waals surface area contributed by atoms with Crippen molar-refractivity contribution in [2.24, 2.45) is 45.3 Å². The largest absolute Gasteiger partial charge is 0.394 e. The van der Waals surface area contributed by atoms with Crippen molar-refractivity contribution < 1.29 is 139 Å². The van der Waals surface area contributed by atoms with Crippen LogP contribution in [0.15, 0.2) is 11.6 Å². The van der Waals surface area contributed by atoms with Crippen LogP contribution in [0.1, 0.15) is 113 Å². The number of rotatable bonds is 20. The molecule has 34 atom stereocenters. The summed E-state index contributed by atoms with van der Waals surface area (Å²) in [5, 5.41) is 192. The smallest absolute Gasteiger partial charge is 0.187 e. The summed E-state index contributed by atoms with van der Waals surface area (Å²) in [6.07, 6.45) is -33.6. The summed E-state index contributed by atoms with van der Waals surface area (Å²) in [6, 6.07) is 0. The van der Waals surface area contributed by atoms with Crippen molar-refractivity contribution in [2.45, 2.75) is 285 Å². The highest BCUT2D eigenvalue weighted by Crippen LogP contribution is 2.75. The first-order chi connectivity index (χ1) is 41.2. The third-order valence-corrected chi connectivity index (χ3v) is 22.8. The lowest BCUT2D eigenvalue weighted by molar-refractivity contribution is -0.380. The minimum absolute atomic E-state index is 0.0854. The molecule has 4 aliphatic carbocycles. The molecule has 0 radical (unpaired) electrons. The number of ether oxygens (including phenoxy) is 10. The van der Waals surface area contributed by atoms with Gasteiger partial charge in [-0.2, -0.15) is 0 Å². The zero-order chi connectivity index (χ0) is 64.7. The number of allylic oxidation sites excluding steroid dienone is 1. The highest BCUT2D eigenvalue weighted by Gasteiger charge is 2.68. The van der Waals surface area contributed by atoms with Crippen LogP contribution >= 0.6 is 0 Å². The minimum atomic E-state index is -1.93. The van der Waals surface area contributed by atoms with E-state index in [0.717, 1.165) is 38.5 Å². The lowest BCUT2D eigenvalue weighted by Crippen LogP contribution is -2.65. The number of hydrogen-bond donors (Lipinski definition) is 18. The Labute approximate surface area is 512 Å². The van der Waals surface area contributed by atoms with Crippen LogP contribution in [0.5, 0.6) is 0 Å². The molecular weight excluding hydrogens is 1170 g/mol.